The van der Waals surface area contributed by atoms with E-state index in [-0.39, 0.29) is 5.54 Å². The van der Waals surface area contributed by atoms with Crippen molar-refractivity contribution < 1.29 is 0 Å². The van der Waals surface area contributed by atoms with E-state index in [0.717, 1.165) is 29.8 Å². The first-order chi connectivity index (χ1) is 7.66. The molecule has 16 heavy (non-hydrogen) atoms. The van der Waals surface area contributed by atoms with Gasteiger partial charge in [0, 0.05) is 11.7 Å². The fourth-order valence-corrected chi connectivity index (χ4v) is 2.08. The second-order valence-corrected chi connectivity index (χ2v) is 4.85. The molecule has 1 fully saturated rings. The Hall–Kier alpha value is -1.42. The van der Waals surface area contributed by atoms with Crippen LogP contribution in [-0.4, -0.2) is 20.5 Å². The molecule has 2 heterocycles. The van der Waals surface area contributed by atoms with Crippen LogP contribution in [0.15, 0.2) is 12.3 Å². The number of rotatable bonds is 3. The minimum absolute atomic E-state index is 0.116. The third-order valence-corrected chi connectivity index (χ3v) is 3.38. The van der Waals surface area contributed by atoms with Crippen LogP contribution in [0.4, 0.5) is 0 Å². The lowest BCUT2D eigenvalue weighted by Crippen LogP contribution is -2.22. The van der Waals surface area contributed by atoms with Crippen molar-refractivity contribution in [2.75, 3.05) is 0 Å². The lowest BCUT2D eigenvalue weighted by atomic mass is 10.0. The van der Waals surface area contributed by atoms with Crippen molar-refractivity contribution >= 4 is 11.2 Å². The standard InChI is InChI=1S/C12H16N4/c1-8-15-10-9(2-4-12(13)5-6-12)3-7-14-11(10)16-8/h3,7H,2,4-6,13H2,1H3,(H,14,15,16). The van der Waals surface area contributed by atoms with Crippen LogP contribution in [0.2, 0.25) is 0 Å². The fraction of sp³-hybridized carbons (Fsp3) is 0.500. The summed E-state index contributed by atoms with van der Waals surface area (Å²) < 4.78 is 0. The normalized spacial score (nSPS) is 17.9. The smallest absolute Gasteiger partial charge is 0.177 e. The Morgan fingerprint density at radius 1 is 1.50 bits per heavy atom. The number of hydrogen-bond acceptors (Lipinski definition) is 3. The molecule has 3 rings (SSSR count). The highest BCUT2D eigenvalue weighted by molar-refractivity contribution is 5.74. The molecule has 1 saturated carbocycles. The van der Waals surface area contributed by atoms with Crippen LogP contribution in [0.1, 0.15) is 30.7 Å². The second-order valence-electron chi connectivity index (χ2n) is 4.85. The molecule has 84 valence electrons. The molecule has 4 nitrogen and oxygen atoms in total. The number of pyridine rings is 1. The molecule has 0 aliphatic heterocycles. The molecule has 0 radical (unpaired) electrons. The summed E-state index contributed by atoms with van der Waals surface area (Å²) in [4.78, 5) is 11.9. The van der Waals surface area contributed by atoms with Crippen molar-refractivity contribution in [3.05, 3.63) is 23.7 Å². The zero-order valence-electron chi connectivity index (χ0n) is 9.45. The molecule has 2 aromatic rings. The van der Waals surface area contributed by atoms with E-state index in [0.29, 0.717) is 0 Å². The topological polar surface area (TPSA) is 67.6 Å². The number of H-pyrrole nitrogens is 1. The summed E-state index contributed by atoms with van der Waals surface area (Å²) in [5, 5.41) is 0. The summed E-state index contributed by atoms with van der Waals surface area (Å²) in [5.74, 6) is 0.920. The van der Waals surface area contributed by atoms with E-state index >= 15 is 0 Å². The van der Waals surface area contributed by atoms with E-state index in [9.17, 15) is 0 Å². The van der Waals surface area contributed by atoms with E-state index in [1.54, 1.807) is 0 Å². The summed E-state index contributed by atoms with van der Waals surface area (Å²) in [6.45, 7) is 1.96. The number of imidazole rings is 1. The zero-order valence-corrected chi connectivity index (χ0v) is 9.45. The zero-order chi connectivity index (χ0) is 11.2. The third-order valence-electron chi connectivity index (χ3n) is 3.38. The third kappa shape index (κ3) is 1.69. The largest absolute Gasteiger partial charge is 0.341 e. The van der Waals surface area contributed by atoms with Crippen molar-refractivity contribution in [2.45, 2.75) is 38.1 Å². The van der Waals surface area contributed by atoms with Gasteiger partial charge in [-0.05, 0) is 44.2 Å². The number of aryl methyl sites for hydroxylation is 2. The molecule has 0 unspecified atom stereocenters. The minimum atomic E-state index is 0.116. The highest BCUT2D eigenvalue weighted by Crippen LogP contribution is 2.36. The van der Waals surface area contributed by atoms with Gasteiger partial charge in [-0.2, -0.15) is 0 Å². The van der Waals surface area contributed by atoms with Gasteiger partial charge in [0.2, 0.25) is 0 Å². The van der Waals surface area contributed by atoms with E-state index < -0.39 is 0 Å². The molecular formula is C12H16N4. The van der Waals surface area contributed by atoms with Crippen LogP contribution in [-0.2, 0) is 6.42 Å². The van der Waals surface area contributed by atoms with Crippen LogP contribution >= 0.6 is 0 Å². The predicted octanol–water partition coefficient (Wildman–Crippen LogP) is 1.69. The van der Waals surface area contributed by atoms with E-state index in [2.05, 4.69) is 21.0 Å². The molecule has 0 bridgehead atoms. The Bertz CT molecular complexity index is 525. The van der Waals surface area contributed by atoms with Crippen LogP contribution < -0.4 is 5.73 Å². The summed E-state index contributed by atoms with van der Waals surface area (Å²) >= 11 is 0. The van der Waals surface area contributed by atoms with Crippen LogP contribution in [0.3, 0.4) is 0 Å². The number of nitrogens with two attached hydrogens (primary N) is 1. The van der Waals surface area contributed by atoms with Gasteiger partial charge in [-0.25, -0.2) is 9.97 Å². The number of aromatic nitrogens is 3. The monoisotopic (exact) mass is 216 g/mol. The van der Waals surface area contributed by atoms with Crippen LogP contribution in [0, 0.1) is 6.92 Å². The van der Waals surface area contributed by atoms with Gasteiger partial charge < -0.3 is 10.7 Å². The first-order valence-electron chi connectivity index (χ1n) is 5.75. The SMILES string of the molecule is Cc1nc2nccc(CCC3(N)CC3)c2[nH]1. The quantitative estimate of drug-likeness (QED) is 0.820. The van der Waals surface area contributed by atoms with Gasteiger partial charge in [0.1, 0.15) is 5.82 Å². The Kier molecular flexibility index (Phi) is 2.01. The molecule has 2 aromatic heterocycles. The predicted molar refractivity (Wildman–Crippen MR) is 63.1 cm³/mol. The van der Waals surface area contributed by atoms with Gasteiger partial charge in [-0.1, -0.05) is 0 Å². The molecule has 3 N–H and O–H groups in total. The van der Waals surface area contributed by atoms with Crippen molar-refractivity contribution in [1.29, 1.82) is 0 Å². The van der Waals surface area contributed by atoms with Gasteiger partial charge >= 0.3 is 0 Å². The maximum Gasteiger partial charge on any atom is 0.177 e. The molecular weight excluding hydrogens is 200 g/mol. The second kappa shape index (κ2) is 3.28. The highest BCUT2D eigenvalue weighted by atomic mass is 15.0. The molecule has 0 spiro atoms. The number of hydrogen-bond donors (Lipinski definition) is 2. The molecule has 4 heteroatoms. The number of aromatic amines is 1. The lowest BCUT2D eigenvalue weighted by Gasteiger charge is -2.08. The number of nitrogens with one attached hydrogen (secondary N) is 1. The number of nitrogens with zero attached hydrogens (tertiary/aromatic N) is 2. The maximum atomic E-state index is 6.10. The molecule has 0 amide bonds. The van der Waals surface area contributed by atoms with Gasteiger partial charge in [0.05, 0.1) is 5.52 Å². The average Bonchev–Trinajstić information content (AvgIpc) is 2.86. The van der Waals surface area contributed by atoms with E-state index in [4.69, 9.17) is 5.73 Å². The summed E-state index contributed by atoms with van der Waals surface area (Å²) in [6, 6.07) is 2.06. The van der Waals surface area contributed by atoms with Gasteiger partial charge in [-0.15, -0.1) is 0 Å². The highest BCUT2D eigenvalue weighted by Gasteiger charge is 2.37. The summed E-state index contributed by atoms with van der Waals surface area (Å²) in [7, 11) is 0. The molecule has 0 atom stereocenters. The van der Waals surface area contributed by atoms with Crippen molar-refractivity contribution in [3.8, 4) is 0 Å². The maximum absolute atomic E-state index is 6.10. The Morgan fingerprint density at radius 3 is 3.06 bits per heavy atom. The minimum Gasteiger partial charge on any atom is -0.341 e. The number of fused-ring (bicyclic) bond motifs is 1. The van der Waals surface area contributed by atoms with Gasteiger partial charge in [0.25, 0.3) is 0 Å². The van der Waals surface area contributed by atoms with E-state index in [1.165, 1.54) is 18.4 Å². The van der Waals surface area contributed by atoms with Crippen molar-refractivity contribution in [3.63, 3.8) is 0 Å². The first kappa shape index (κ1) is 9.78. The lowest BCUT2D eigenvalue weighted by molar-refractivity contribution is 0.610. The summed E-state index contributed by atoms with van der Waals surface area (Å²) in [6.07, 6.45) is 6.24. The van der Waals surface area contributed by atoms with Gasteiger partial charge in [-0.3, -0.25) is 0 Å². The average molecular weight is 216 g/mol. The molecule has 0 saturated heterocycles. The molecule has 1 aliphatic rings. The van der Waals surface area contributed by atoms with Crippen molar-refractivity contribution in [2.24, 2.45) is 5.73 Å². The first-order valence-corrected chi connectivity index (χ1v) is 5.75. The van der Waals surface area contributed by atoms with Gasteiger partial charge in [0.15, 0.2) is 5.65 Å². The van der Waals surface area contributed by atoms with Crippen molar-refractivity contribution in [1.82, 2.24) is 15.0 Å². The molecule has 1 aliphatic carbocycles. The van der Waals surface area contributed by atoms with Crippen LogP contribution in [0.5, 0.6) is 0 Å². The van der Waals surface area contributed by atoms with Crippen LogP contribution in [0.25, 0.3) is 11.2 Å². The summed E-state index contributed by atoms with van der Waals surface area (Å²) in [5.41, 5.74) is 9.39. The Balaban J connectivity index is 1.90. The molecule has 0 aromatic carbocycles. The Morgan fingerprint density at radius 2 is 2.31 bits per heavy atom. The van der Waals surface area contributed by atoms with E-state index in [1.807, 2.05) is 13.1 Å². The fourth-order valence-electron chi connectivity index (χ4n) is 2.08. The Labute approximate surface area is 94.3 Å².